The molecule has 0 aromatic heterocycles. The Labute approximate surface area is 111 Å². The Morgan fingerprint density at radius 2 is 1.84 bits per heavy atom. The van der Waals surface area contributed by atoms with Crippen molar-refractivity contribution < 1.29 is 9.18 Å². The number of rotatable bonds is 1. The molecule has 0 bridgehead atoms. The van der Waals surface area contributed by atoms with Crippen molar-refractivity contribution in [3.8, 4) is 0 Å². The molecule has 96 valence electrons. The van der Waals surface area contributed by atoms with Gasteiger partial charge in [-0.25, -0.2) is 4.39 Å². The molecule has 19 heavy (non-hydrogen) atoms. The SMILES string of the molecule is C[C@@H]1Cc2ccccc2N1C(=O)c1ccc(F)cc1. The maximum absolute atomic E-state index is 12.9. The molecule has 3 rings (SSSR count). The van der Waals surface area contributed by atoms with Crippen LogP contribution in [0, 0.1) is 5.82 Å². The average Bonchev–Trinajstić information content (AvgIpc) is 2.74. The second-order valence-corrected chi connectivity index (χ2v) is 4.86. The van der Waals surface area contributed by atoms with Gasteiger partial charge in [0.2, 0.25) is 0 Å². The zero-order chi connectivity index (χ0) is 13.4. The van der Waals surface area contributed by atoms with Crippen LogP contribution >= 0.6 is 0 Å². The van der Waals surface area contributed by atoms with Crippen LogP contribution in [0.1, 0.15) is 22.8 Å². The van der Waals surface area contributed by atoms with E-state index >= 15 is 0 Å². The van der Waals surface area contributed by atoms with Gasteiger partial charge in [-0.05, 0) is 49.2 Å². The molecule has 2 nitrogen and oxygen atoms in total. The summed E-state index contributed by atoms with van der Waals surface area (Å²) in [6, 6.07) is 13.8. The molecule has 0 unspecified atom stereocenters. The van der Waals surface area contributed by atoms with Gasteiger partial charge in [0.1, 0.15) is 5.82 Å². The van der Waals surface area contributed by atoms with Gasteiger partial charge < -0.3 is 4.90 Å². The molecule has 0 spiro atoms. The Kier molecular flexibility index (Phi) is 2.82. The van der Waals surface area contributed by atoms with Gasteiger partial charge in [0.05, 0.1) is 0 Å². The Morgan fingerprint density at radius 1 is 1.16 bits per heavy atom. The number of para-hydroxylation sites is 1. The number of carbonyl (C=O) groups excluding carboxylic acids is 1. The third kappa shape index (κ3) is 2.01. The highest BCUT2D eigenvalue weighted by Crippen LogP contribution is 2.32. The second-order valence-electron chi connectivity index (χ2n) is 4.86. The molecule has 2 aromatic rings. The van der Waals surface area contributed by atoms with Crippen molar-refractivity contribution in [2.75, 3.05) is 4.90 Å². The Morgan fingerprint density at radius 3 is 2.58 bits per heavy atom. The lowest BCUT2D eigenvalue weighted by atomic mass is 10.1. The summed E-state index contributed by atoms with van der Waals surface area (Å²) >= 11 is 0. The van der Waals surface area contributed by atoms with Crippen LogP contribution in [0.5, 0.6) is 0 Å². The van der Waals surface area contributed by atoms with Gasteiger partial charge in [-0.1, -0.05) is 18.2 Å². The number of amides is 1. The Bertz CT molecular complexity index is 621. The summed E-state index contributed by atoms with van der Waals surface area (Å²) in [4.78, 5) is 14.3. The number of nitrogens with zero attached hydrogens (tertiary/aromatic N) is 1. The van der Waals surface area contributed by atoms with E-state index in [0.717, 1.165) is 12.1 Å². The Hall–Kier alpha value is -2.16. The van der Waals surface area contributed by atoms with Crippen LogP contribution in [0.2, 0.25) is 0 Å². The molecule has 1 heterocycles. The van der Waals surface area contributed by atoms with E-state index in [1.807, 2.05) is 31.2 Å². The molecular weight excluding hydrogens is 241 g/mol. The van der Waals surface area contributed by atoms with Gasteiger partial charge in [-0.2, -0.15) is 0 Å². The third-order valence-electron chi connectivity index (χ3n) is 3.52. The third-order valence-corrected chi connectivity index (χ3v) is 3.52. The topological polar surface area (TPSA) is 20.3 Å². The molecule has 0 fully saturated rings. The second kappa shape index (κ2) is 4.50. The molecule has 0 radical (unpaired) electrons. The molecule has 0 saturated heterocycles. The molecule has 2 aromatic carbocycles. The van der Waals surface area contributed by atoms with Crippen molar-refractivity contribution in [3.05, 3.63) is 65.5 Å². The van der Waals surface area contributed by atoms with Crippen molar-refractivity contribution >= 4 is 11.6 Å². The standard InChI is InChI=1S/C16H14FNO/c1-11-10-13-4-2-3-5-15(13)18(11)16(19)12-6-8-14(17)9-7-12/h2-9,11H,10H2,1H3/t11-/m1/s1. The predicted molar refractivity (Wildman–Crippen MR) is 72.8 cm³/mol. The van der Waals surface area contributed by atoms with Crippen molar-refractivity contribution in [2.24, 2.45) is 0 Å². The zero-order valence-electron chi connectivity index (χ0n) is 10.6. The molecule has 1 atom stereocenters. The first-order valence-corrected chi connectivity index (χ1v) is 6.34. The number of anilines is 1. The van der Waals surface area contributed by atoms with Crippen LogP contribution in [0.25, 0.3) is 0 Å². The molecule has 0 aliphatic carbocycles. The smallest absolute Gasteiger partial charge is 0.258 e. The largest absolute Gasteiger partial charge is 0.305 e. The molecule has 0 N–H and O–H groups in total. The van der Waals surface area contributed by atoms with Crippen molar-refractivity contribution in [1.82, 2.24) is 0 Å². The van der Waals surface area contributed by atoms with Crippen LogP contribution in [0.4, 0.5) is 10.1 Å². The lowest BCUT2D eigenvalue weighted by molar-refractivity contribution is 0.0981. The van der Waals surface area contributed by atoms with Crippen LogP contribution in [-0.2, 0) is 6.42 Å². The minimum Gasteiger partial charge on any atom is -0.305 e. The number of carbonyl (C=O) groups is 1. The first kappa shape index (κ1) is 11.9. The number of hydrogen-bond donors (Lipinski definition) is 0. The minimum absolute atomic E-state index is 0.0718. The first-order valence-electron chi connectivity index (χ1n) is 6.34. The highest BCUT2D eigenvalue weighted by Gasteiger charge is 2.30. The van der Waals surface area contributed by atoms with E-state index < -0.39 is 0 Å². The number of hydrogen-bond acceptors (Lipinski definition) is 1. The van der Waals surface area contributed by atoms with Gasteiger partial charge in [0.15, 0.2) is 0 Å². The van der Waals surface area contributed by atoms with Crippen molar-refractivity contribution in [2.45, 2.75) is 19.4 Å². The summed E-state index contributed by atoms with van der Waals surface area (Å²) in [5, 5.41) is 0. The summed E-state index contributed by atoms with van der Waals surface area (Å²) in [5.74, 6) is -0.399. The highest BCUT2D eigenvalue weighted by atomic mass is 19.1. The van der Waals surface area contributed by atoms with Crippen LogP contribution < -0.4 is 4.90 Å². The molecule has 3 heteroatoms. The summed E-state index contributed by atoms with van der Waals surface area (Å²) in [7, 11) is 0. The summed E-state index contributed by atoms with van der Waals surface area (Å²) < 4.78 is 12.9. The van der Waals surface area contributed by atoms with Gasteiger partial charge in [0.25, 0.3) is 5.91 Å². The van der Waals surface area contributed by atoms with Crippen LogP contribution in [0.3, 0.4) is 0 Å². The number of benzene rings is 2. The Balaban J connectivity index is 1.98. The highest BCUT2D eigenvalue weighted by molar-refractivity contribution is 6.07. The normalized spacial score (nSPS) is 17.4. The average molecular weight is 255 g/mol. The van der Waals surface area contributed by atoms with E-state index in [9.17, 15) is 9.18 Å². The number of fused-ring (bicyclic) bond motifs is 1. The zero-order valence-corrected chi connectivity index (χ0v) is 10.6. The summed E-state index contributed by atoms with van der Waals surface area (Å²) in [5.41, 5.74) is 2.67. The number of halogens is 1. The quantitative estimate of drug-likeness (QED) is 0.764. The van der Waals surface area contributed by atoms with Gasteiger partial charge in [0, 0.05) is 17.3 Å². The lowest BCUT2D eigenvalue weighted by Gasteiger charge is -2.22. The fraction of sp³-hybridized carbons (Fsp3) is 0.188. The summed E-state index contributed by atoms with van der Waals surface area (Å²) in [6.07, 6.45) is 0.864. The first-order chi connectivity index (χ1) is 9.16. The van der Waals surface area contributed by atoms with E-state index in [1.54, 1.807) is 4.90 Å². The summed E-state index contributed by atoms with van der Waals surface area (Å²) in [6.45, 7) is 2.03. The van der Waals surface area contributed by atoms with E-state index in [0.29, 0.717) is 5.56 Å². The lowest BCUT2D eigenvalue weighted by Crippen LogP contribution is -2.35. The monoisotopic (exact) mass is 255 g/mol. The van der Waals surface area contributed by atoms with Gasteiger partial charge in [-0.3, -0.25) is 4.79 Å². The maximum Gasteiger partial charge on any atom is 0.258 e. The van der Waals surface area contributed by atoms with E-state index in [4.69, 9.17) is 0 Å². The van der Waals surface area contributed by atoms with Crippen LogP contribution in [0.15, 0.2) is 48.5 Å². The van der Waals surface area contributed by atoms with Gasteiger partial charge >= 0.3 is 0 Å². The fourth-order valence-electron chi connectivity index (χ4n) is 2.61. The van der Waals surface area contributed by atoms with E-state index in [2.05, 4.69) is 0 Å². The van der Waals surface area contributed by atoms with Crippen LogP contribution in [-0.4, -0.2) is 11.9 Å². The molecule has 0 saturated carbocycles. The minimum atomic E-state index is -0.327. The molecular formula is C16H14FNO. The molecule has 1 aliphatic heterocycles. The molecule has 1 amide bonds. The van der Waals surface area contributed by atoms with Crippen molar-refractivity contribution in [1.29, 1.82) is 0 Å². The van der Waals surface area contributed by atoms with E-state index in [-0.39, 0.29) is 17.8 Å². The van der Waals surface area contributed by atoms with Gasteiger partial charge in [-0.15, -0.1) is 0 Å². The van der Waals surface area contributed by atoms with Crippen molar-refractivity contribution in [3.63, 3.8) is 0 Å². The van der Waals surface area contributed by atoms with E-state index in [1.165, 1.54) is 29.8 Å². The molecule has 1 aliphatic rings. The predicted octanol–water partition coefficient (Wildman–Crippen LogP) is 3.42. The maximum atomic E-state index is 12.9. The fourth-order valence-corrected chi connectivity index (χ4v) is 2.61.